The minimum Gasteiger partial charge on any atom is -0.477 e. The van der Waals surface area contributed by atoms with Gasteiger partial charge >= 0.3 is 5.97 Å². The van der Waals surface area contributed by atoms with Gasteiger partial charge in [0.1, 0.15) is 4.88 Å². The second-order valence-electron chi connectivity index (χ2n) is 5.36. The van der Waals surface area contributed by atoms with E-state index in [1.165, 1.54) is 6.07 Å². The maximum atomic E-state index is 12.3. The van der Waals surface area contributed by atoms with Gasteiger partial charge in [-0.1, -0.05) is 13.8 Å². The van der Waals surface area contributed by atoms with Crippen molar-refractivity contribution in [1.29, 1.82) is 0 Å². The Bertz CT molecular complexity index is 497. The SMILES string of the molecule is CC(C)COC1CCN(C(=O)c2ccc(C(=O)O)s2)C1. The largest absolute Gasteiger partial charge is 0.477 e. The number of thiophene rings is 1. The number of likely N-dealkylation sites (tertiary alicyclic amines) is 1. The summed E-state index contributed by atoms with van der Waals surface area (Å²) in [5.41, 5.74) is 0. The molecule has 1 atom stereocenters. The lowest BCUT2D eigenvalue weighted by Gasteiger charge is -2.16. The van der Waals surface area contributed by atoms with Gasteiger partial charge in [-0.2, -0.15) is 0 Å². The number of aromatic carboxylic acids is 1. The zero-order valence-electron chi connectivity index (χ0n) is 11.7. The zero-order valence-corrected chi connectivity index (χ0v) is 12.5. The first-order chi connectivity index (χ1) is 9.47. The molecule has 1 aromatic heterocycles. The van der Waals surface area contributed by atoms with E-state index in [1.807, 2.05) is 0 Å². The van der Waals surface area contributed by atoms with Crippen molar-refractivity contribution in [1.82, 2.24) is 4.90 Å². The van der Waals surface area contributed by atoms with Gasteiger partial charge in [0.2, 0.25) is 0 Å². The molecule has 0 saturated carbocycles. The van der Waals surface area contributed by atoms with E-state index in [4.69, 9.17) is 9.84 Å². The Morgan fingerprint density at radius 2 is 2.15 bits per heavy atom. The molecule has 2 heterocycles. The second-order valence-corrected chi connectivity index (χ2v) is 6.44. The molecule has 20 heavy (non-hydrogen) atoms. The van der Waals surface area contributed by atoms with Gasteiger partial charge in [-0.15, -0.1) is 11.3 Å². The lowest BCUT2D eigenvalue weighted by atomic mass is 10.2. The normalized spacial score (nSPS) is 18.8. The fraction of sp³-hybridized carbons (Fsp3) is 0.571. The van der Waals surface area contributed by atoms with E-state index in [0.29, 0.717) is 30.5 Å². The van der Waals surface area contributed by atoms with Gasteiger partial charge in [-0.05, 0) is 24.5 Å². The van der Waals surface area contributed by atoms with Crippen LogP contribution in [0.3, 0.4) is 0 Å². The van der Waals surface area contributed by atoms with Gasteiger partial charge in [0, 0.05) is 19.7 Å². The Balaban J connectivity index is 1.92. The highest BCUT2D eigenvalue weighted by Gasteiger charge is 2.28. The molecule has 0 radical (unpaired) electrons. The van der Waals surface area contributed by atoms with Crippen LogP contribution in [0.1, 0.15) is 39.6 Å². The van der Waals surface area contributed by atoms with Crippen molar-refractivity contribution in [3.8, 4) is 0 Å². The Kier molecular flexibility index (Phi) is 4.77. The highest BCUT2D eigenvalue weighted by molar-refractivity contribution is 7.15. The first-order valence-corrected chi connectivity index (χ1v) is 7.53. The van der Waals surface area contributed by atoms with Gasteiger partial charge < -0.3 is 14.7 Å². The lowest BCUT2D eigenvalue weighted by Crippen LogP contribution is -2.29. The number of hydrogen-bond acceptors (Lipinski definition) is 4. The molecule has 110 valence electrons. The van der Waals surface area contributed by atoms with Crippen LogP contribution >= 0.6 is 11.3 Å². The smallest absolute Gasteiger partial charge is 0.345 e. The molecule has 0 aliphatic carbocycles. The summed E-state index contributed by atoms with van der Waals surface area (Å²) in [4.78, 5) is 25.5. The van der Waals surface area contributed by atoms with Crippen LogP contribution in [0, 0.1) is 5.92 Å². The van der Waals surface area contributed by atoms with Crippen LogP contribution in [0.2, 0.25) is 0 Å². The van der Waals surface area contributed by atoms with Crippen LogP contribution in [-0.4, -0.2) is 47.7 Å². The number of carbonyl (C=O) groups is 2. The Morgan fingerprint density at radius 3 is 2.75 bits per heavy atom. The molecular weight excluding hydrogens is 278 g/mol. The van der Waals surface area contributed by atoms with Crippen LogP contribution in [0.15, 0.2) is 12.1 Å². The molecule has 0 spiro atoms. The topological polar surface area (TPSA) is 66.8 Å². The van der Waals surface area contributed by atoms with Gasteiger partial charge in [0.25, 0.3) is 5.91 Å². The van der Waals surface area contributed by atoms with E-state index < -0.39 is 5.97 Å². The fourth-order valence-corrected chi connectivity index (χ4v) is 2.91. The van der Waals surface area contributed by atoms with Gasteiger partial charge in [0.05, 0.1) is 11.0 Å². The number of hydrogen-bond donors (Lipinski definition) is 1. The molecule has 5 nitrogen and oxygen atoms in total. The predicted molar refractivity (Wildman–Crippen MR) is 76.4 cm³/mol. The number of carboxylic acid groups (broad SMARTS) is 1. The summed E-state index contributed by atoms with van der Waals surface area (Å²) < 4.78 is 5.74. The minimum atomic E-state index is -0.992. The summed E-state index contributed by atoms with van der Waals surface area (Å²) in [5.74, 6) is -0.609. The van der Waals surface area contributed by atoms with Gasteiger partial charge in [-0.3, -0.25) is 4.79 Å². The molecule has 1 saturated heterocycles. The average molecular weight is 297 g/mol. The van der Waals surface area contributed by atoms with Crippen molar-refractivity contribution < 1.29 is 19.4 Å². The number of carbonyl (C=O) groups excluding carboxylic acids is 1. The summed E-state index contributed by atoms with van der Waals surface area (Å²) in [5, 5.41) is 8.87. The Hall–Kier alpha value is -1.40. The minimum absolute atomic E-state index is 0.0975. The number of ether oxygens (including phenoxy) is 1. The molecule has 6 heteroatoms. The third-order valence-electron chi connectivity index (χ3n) is 3.13. The van der Waals surface area contributed by atoms with E-state index in [9.17, 15) is 9.59 Å². The molecule has 1 aliphatic heterocycles. The first kappa shape index (κ1) is 15.0. The highest BCUT2D eigenvalue weighted by atomic mass is 32.1. The van der Waals surface area contributed by atoms with E-state index >= 15 is 0 Å². The third-order valence-corrected chi connectivity index (χ3v) is 4.19. The van der Waals surface area contributed by atoms with E-state index in [2.05, 4.69) is 13.8 Å². The molecule has 0 bridgehead atoms. The third kappa shape index (κ3) is 3.58. The summed E-state index contributed by atoms with van der Waals surface area (Å²) in [6.45, 7) is 6.15. The predicted octanol–water partition coefficient (Wildman–Crippen LogP) is 2.33. The van der Waals surface area contributed by atoms with Gasteiger partial charge in [0.15, 0.2) is 0 Å². The monoisotopic (exact) mass is 297 g/mol. The quantitative estimate of drug-likeness (QED) is 0.906. The van der Waals surface area contributed by atoms with E-state index in [1.54, 1.807) is 11.0 Å². The summed E-state index contributed by atoms with van der Waals surface area (Å²) >= 11 is 1.02. The molecule has 1 N–H and O–H groups in total. The summed E-state index contributed by atoms with van der Waals surface area (Å²) in [6, 6.07) is 3.06. The van der Waals surface area contributed by atoms with Crippen molar-refractivity contribution in [2.45, 2.75) is 26.4 Å². The number of nitrogens with zero attached hydrogens (tertiary/aromatic N) is 1. The summed E-state index contributed by atoms with van der Waals surface area (Å²) in [7, 11) is 0. The lowest BCUT2D eigenvalue weighted by molar-refractivity contribution is 0.0397. The Labute approximate surface area is 122 Å². The van der Waals surface area contributed by atoms with Gasteiger partial charge in [-0.25, -0.2) is 4.79 Å². The second kappa shape index (κ2) is 6.37. The number of rotatable bonds is 5. The molecule has 0 aromatic carbocycles. The van der Waals surface area contributed by atoms with Crippen LogP contribution in [-0.2, 0) is 4.74 Å². The molecule has 1 aliphatic rings. The van der Waals surface area contributed by atoms with Crippen molar-refractivity contribution in [3.63, 3.8) is 0 Å². The van der Waals surface area contributed by atoms with Crippen LogP contribution in [0.4, 0.5) is 0 Å². The average Bonchev–Trinajstić information content (AvgIpc) is 3.05. The number of carboxylic acids is 1. The first-order valence-electron chi connectivity index (χ1n) is 6.71. The highest BCUT2D eigenvalue weighted by Crippen LogP contribution is 2.22. The molecular formula is C14H19NO4S. The zero-order chi connectivity index (χ0) is 14.7. The molecule has 1 aromatic rings. The number of amides is 1. The van der Waals surface area contributed by atoms with E-state index in [-0.39, 0.29) is 16.9 Å². The van der Waals surface area contributed by atoms with Crippen molar-refractivity contribution in [3.05, 3.63) is 21.9 Å². The van der Waals surface area contributed by atoms with E-state index in [0.717, 1.165) is 17.8 Å². The van der Waals surface area contributed by atoms with Crippen LogP contribution in [0.25, 0.3) is 0 Å². The van der Waals surface area contributed by atoms with Crippen LogP contribution in [0.5, 0.6) is 0 Å². The molecule has 1 fully saturated rings. The van der Waals surface area contributed by atoms with Crippen molar-refractivity contribution in [2.75, 3.05) is 19.7 Å². The van der Waals surface area contributed by atoms with Crippen molar-refractivity contribution in [2.24, 2.45) is 5.92 Å². The van der Waals surface area contributed by atoms with Crippen molar-refractivity contribution >= 4 is 23.2 Å². The standard InChI is InChI=1S/C14H19NO4S/c1-9(2)8-19-10-5-6-15(7-10)13(16)11-3-4-12(20-11)14(17)18/h3-4,9-10H,5-8H2,1-2H3,(H,17,18). The summed E-state index contributed by atoms with van der Waals surface area (Å²) in [6.07, 6.45) is 0.940. The maximum absolute atomic E-state index is 12.3. The molecule has 1 amide bonds. The maximum Gasteiger partial charge on any atom is 0.345 e. The fourth-order valence-electron chi connectivity index (χ4n) is 2.10. The molecule has 1 unspecified atom stereocenters. The van der Waals surface area contributed by atoms with Crippen LogP contribution < -0.4 is 0 Å². The molecule has 2 rings (SSSR count). The Morgan fingerprint density at radius 1 is 1.45 bits per heavy atom.